The van der Waals surface area contributed by atoms with Gasteiger partial charge < -0.3 is 24.4 Å². The predicted octanol–water partition coefficient (Wildman–Crippen LogP) is 1.24. The number of carbonyl (C=O) groups is 3. The van der Waals surface area contributed by atoms with E-state index in [4.69, 9.17) is 21.1 Å². The van der Waals surface area contributed by atoms with Gasteiger partial charge in [0.2, 0.25) is 5.91 Å². The fraction of sp³-hybridized carbons (Fsp3) is 0.435. The first-order valence-electron chi connectivity index (χ1n) is 10.6. The maximum absolute atomic E-state index is 14.0. The summed E-state index contributed by atoms with van der Waals surface area (Å²) in [4.78, 5) is 43.2. The van der Waals surface area contributed by atoms with E-state index in [9.17, 15) is 19.5 Å². The highest BCUT2D eigenvalue weighted by Gasteiger charge is 2.71. The molecule has 1 aromatic carbocycles. The van der Waals surface area contributed by atoms with E-state index in [1.54, 1.807) is 41.3 Å². The summed E-state index contributed by atoms with van der Waals surface area (Å²) in [6.45, 7) is 1.82. The zero-order valence-electron chi connectivity index (χ0n) is 17.4. The molecule has 0 saturated carbocycles. The highest BCUT2D eigenvalue weighted by atomic mass is 35.5. The molecule has 5 rings (SSSR count). The monoisotopic (exact) mass is 458 g/mol. The molecule has 4 aliphatic rings. The molecule has 0 aliphatic carbocycles. The Hall–Kier alpha value is -2.68. The van der Waals surface area contributed by atoms with Gasteiger partial charge in [0.15, 0.2) is 0 Å². The Bertz CT molecular complexity index is 1030. The SMILES string of the molecule is Cc1cccc(Cl)c1N1CC=C[C@]23O[C@H]4C=CCOC(=O)[C@H]4[C@H]2C(=O)N(CCO)C3C1=O. The molecule has 5 atom stereocenters. The van der Waals surface area contributed by atoms with Crippen LogP contribution in [0.15, 0.2) is 42.5 Å². The van der Waals surface area contributed by atoms with Gasteiger partial charge in [0.05, 0.1) is 29.3 Å². The molecule has 1 N–H and O–H groups in total. The van der Waals surface area contributed by atoms with E-state index in [2.05, 4.69) is 0 Å². The molecule has 0 aromatic heterocycles. The van der Waals surface area contributed by atoms with Crippen LogP contribution in [0.1, 0.15) is 5.56 Å². The number of likely N-dealkylation sites (tertiary alicyclic amines) is 1. The number of amides is 2. The predicted molar refractivity (Wildman–Crippen MR) is 115 cm³/mol. The van der Waals surface area contributed by atoms with Gasteiger partial charge in [-0.2, -0.15) is 0 Å². The summed E-state index contributed by atoms with van der Waals surface area (Å²) in [7, 11) is 0. The summed E-state index contributed by atoms with van der Waals surface area (Å²) in [6.07, 6.45) is 6.25. The Kier molecular flexibility index (Phi) is 5.11. The number of aryl methyl sites for hydroxylation is 1. The van der Waals surface area contributed by atoms with Crippen molar-refractivity contribution in [1.82, 2.24) is 4.90 Å². The number of β-amino-alcohol motifs (C(OH)–C–C–N with tert-alkyl or cyclic N) is 1. The van der Waals surface area contributed by atoms with E-state index in [1.807, 2.05) is 13.0 Å². The summed E-state index contributed by atoms with van der Waals surface area (Å²) in [6, 6.07) is 4.33. The molecule has 32 heavy (non-hydrogen) atoms. The van der Waals surface area contributed by atoms with E-state index in [1.165, 1.54) is 4.90 Å². The number of aliphatic hydroxyl groups excluding tert-OH is 1. The molecule has 9 heteroatoms. The molecular formula is C23H23ClN2O6. The van der Waals surface area contributed by atoms with Crippen LogP contribution in [0.2, 0.25) is 5.02 Å². The fourth-order valence-electron chi connectivity index (χ4n) is 5.48. The lowest BCUT2D eigenvalue weighted by molar-refractivity contribution is -0.152. The Morgan fingerprint density at radius 3 is 2.78 bits per heavy atom. The van der Waals surface area contributed by atoms with Gasteiger partial charge in [0, 0.05) is 13.1 Å². The molecule has 4 aliphatic heterocycles. The first kappa shape index (κ1) is 21.2. The molecule has 1 spiro atoms. The summed E-state index contributed by atoms with van der Waals surface area (Å²) in [5.74, 6) is -3.09. The first-order chi connectivity index (χ1) is 15.4. The number of halogens is 1. The molecule has 0 radical (unpaired) electrons. The van der Waals surface area contributed by atoms with Crippen molar-refractivity contribution in [2.45, 2.75) is 24.7 Å². The van der Waals surface area contributed by atoms with E-state index in [-0.39, 0.29) is 32.2 Å². The number of fused-ring (bicyclic) bond motifs is 2. The number of aliphatic hydroxyl groups is 1. The average Bonchev–Trinajstić information content (AvgIpc) is 3.04. The molecule has 1 unspecified atom stereocenters. The Morgan fingerprint density at radius 1 is 1.22 bits per heavy atom. The molecule has 2 saturated heterocycles. The van der Waals surface area contributed by atoms with Crippen molar-refractivity contribution in [2.75, 3.05) is 31.2 Å². The maximum atomic E-state index is 14.0. The van der Waals surface area contributed by atoms with Gasteiger partial charge >= 0.3 is 5.97 Å². The van der Waals surface area contributed by atoms with Crippen molar-refractivity contribution >= 4 is 35.1 Å². The number of hydrogen-bond donors (Lipinski definition) is 1. The zero-order valence-corrected chi connectivity index (χ0v) is 18.2. The lowest BCUT2D eigenvalue weighted by Crippen LogP contribution is -2.56. The average molecular weight is 459 g/mol. The van der Waals surface area contributed by atoms with Gasteiger partial charge in [-0.15, -0.1) is 0 Å². The van der Waals surface area contributed by atoms with Crippen LogP contribution in [0.4, 0.5) is 5.69 Å². The second kappa shape index (κ2) is 7.72. The standard InChI is InChI=1S/C23H23ClN2O6/c1-13-5-2-6-14(24)18(13)25-9-4-8-23-17(16-15(32-23)7-3-12-31-22(16)30)20(28)26(10-11-27)19(23)21(25)29/h2-8,15-17,19,27H,9-12H2,1H3/t15-,16+,17-,19?,23-/m0/s1. The molecule has 0 bridgehead atoms. The Morgan fingerprint density at radius 2 is 2.03 bits per heavy atom. The summed E-state index contributed by atoms with van der Waals surface area (Å²) >= 11 is 6.46. The van der Waals surface area contributed by atoms with Crippen LogP contribution in [-0.2, 0) is 23.9 Å². The van der Waals surface area contributed by atoms with Gasteiger partial charge in [0.25, 0.3) is 5.91 Å². The number of carbonyl (C=O) groups excluding carboxylic acids is 3. The minimum Gasteiger partial charge on any atom is -0.461 e. The van der Waals surface area contributed by atoms with E-state index in [0.717, 1.165) is 5.56 Å². The first-order valence-corrected chi connectivity index (χ1v) is 10.9. The van der Waals surface area contributed by atoms with Crippen LogP contribution < -0.4 is 4.90 Å². The van der Waals surface area contributed by atoms with Gasteiger partial charge in [-0.05, 0) is 24.6 Å². The largest absolute Gasteiger partial charge is 0.461 e. The summed E-state index contributed by atoms with van der Waals surface area (Å²) in [5.41, 5.74) is 0.0320. The van der Waals surface area contributed by atoms with Crippen molar-refractivity contribution < 1.29 is 29.0 Å². The molecule has 1 aromatic rings. The Balaban J connectivity index is 1.65. The lowest BCUT2D eigenvalue weighted by Gasteiger charge is -2.35. The quantitative estimate of drug-likeness (QED) is 0.540. The number of rotatable bonds is 3. The third kappa shape index (κ3) is 2.86. The van der Waals surface area contributed by atoms with Crippen molar-refractivity contribution in [2.24, 2.45) is 11.8 Å². The third-order valence-corrected chi connectivity index (χ3v) is 7.02. The van der Waals surface area contributed by atoms with Crippen molar-refractivity contribution in [1.29, 1.82) is 0 Å². The number of nitrogens with zero attached hydrogens (tertiary/aromatic N) is 2. The van der Waals surface area contributed by atoms with Crippen LogP contribution in [0.5, 0.6) is 0 Å². The second-order valence-electron chi connectivity index (χ2n) is 8.41. The highest BCUT2D eigenvalue weighted by Crippen LogP contribution is 2.53. The second-order valence-corrected chi connectivity index (χ2v) is 8.82. The van der Waals surface area contributed by atoms with E-state index >= 15 is 0 Å². The van der Waals surface area contributed by atoms with Gasteiger partial charge in [-0.25, -0.2) is 0 Å². The van der Waals surface area contributed by atoms with Gasteiger partial charge in [0.1, 0.15) is 24.2 Å². The number of benzene rings is 1. The smallest absolute Gasteiger partial charge is 0.313 e. The van der Waals surface area contributed by atoms with Crippen molar-refractivity contribution in [3.8, 4) is 0 Å². The summed E-state index contributed by atoms with van der Waals surface area (Å²) in [5, 5.41) is 10.1. The van der Waals surface area contributed by atoms with Crippen molar-refractivity contribution in [3.63, 3.8) is 0 Å². The normalized spacial score (nSPS) is 33.5. The van der Waals surface area contributed by atoms with Crippen LogP contribution in [-0.4, -0.2) is 71.8 Å². The molecule has 8 nitrogen and oxygen atoms in total. The van der Waals surface area contributed by atoms with Crippen LogP contribution in [0.3, 0.4) is 0 Å². The minimum atomic E-state index is -1.34. The van der Waals surface area contributed by atoms with Crippen LogP contribution >= 0.6 is 11.6 Å². The van der Waals surface area contributed by atoms with Crippen LogP contribution in [0.25, 0.3) is 0 Å². The molecular weight excluding hydrogens is 436 g/mol. The fourth-order valence-corrected chi connectivity index (χ4v) is 5.81. The number of anilines is 1. The Labute approximate surface area is 190 Å². The third-order valence-electron chi connectivity index (χ3n) is 6.71. The molecule has 2 amide bonds. The van der Waals surface area contributed by atoms with Gasteiger partial charge in [-0.3, -0.25) is 14.4 Å². The number of esters is 1. The topological polar surface area (TPSA) is 96.4 Å². The van der Waals surface area contributed by atoms with Crippen molar-refractivity contribution in [3.05, 3.63) is 53.1 Å². The lowest BCUT2D eigenvalue weighted by atomic mass is 9.78. The van der Waals surface area contributed by atoms with E-state index in [0.29, 0.717) is 10.7 Å². The molecule has 168 valence electrons. The van der Waals surface area contributed by atoms with E-state index < -0.39 is 41.5 Å². The maximum Gasteiger partial charge on any atom is 0.313 e. The van der Waals surface area contributed by atoms with Crippen LogP contribution in [0, 0.1) is 18.8 Å². The number of hydrogen-bond acceptors (Lipinski definition) is 6. The zero-order chi connectivity index (χ0) is 22.6. The number of para-hydroxylation sites is 1. The highest BCUT2D eigenvalue weighted by molar-refractivity contribution is 6.34. The minimum absolute atomic E-state index is 0.0533. The van der Waals surface area contributed by atoms with Gasteiger partial charge in [-0.1, -0.05) is 42.0 Å². The molecule has 2 fully saturated rings. The number of cyclic esters (lactones) is 1. The molecule has 4 heterocycles. The number of ether oxygens (including phenoxy) is 2. The summed E-state index contributed by atoms with van der Waals surface area (Å²) < 4.78 is 11.6.